The highest BCUT2D eigenvalue weighted by atomic mass is 32.2. The van der Waals surface area contributed by atoms with Crippen molar-refractivity contribution < 1.29 is 22.3 Å². The summed E-state index contributed by atoms with van der Waals surface area (Å²) in [5, 5.41) is 4.84. The van der Waals surface area contributed by atoms with E-state index in [0.717, 1.165) is 19.3 Å². The minimum absolute atomic E-state index is 0.0651. The van der Waals surface area contributed by atoms with E-state index in [1.165, 1.54) is 12.5 Å². The maximum Gasteiger partial charge on any atom is 0.175 e. The predicted molar refractivity (Wildman–Crippen MR) is 146 cm³/mol. The van der Waals surface area contributed by atoms with Crippen LogP contribution in [0.25, 0.3) is 33.4 Å². The van der Waals surface area contributed by atoms with Crippen molar-refractivity contribution >= 4 is 26.6 Å². The molecule has 0 radical (unpaired) electrons. The van der Waals surface area contributed by atoms with Gasteiger partial charge >= 0.3 is 0 Å². The predicted octanol–water partition coefficient (Wildman–Crippen LogP) is 4.63. The van der Waals surface area contributed by atoms with Crippen LogP contribution in [0.1, 0.15) is 32.4 Å². The first-order valence-electron chi connectivity index (χ1n) is 13.1. The van der Waals surface area contributed by atoms with Crippen LogP contribution < -0.4 is 4.90 Å². The molecule has 5 heterocycles. The van der Waals surface area contributed by atoms with Crippen LogP contribution in [0, 0.1) is 5.82 Å². The van der Waals surface area contributed by atoms with Crippen molar-refractivity contribution in [2.24, 2.45) is 0 Å². The smallest absolute Gasteiger partial charge is 0.175 e. The van der Waals surface area contributed by atoms with Crippen molar-refractivity contribution in [1.29, 1.82) is 0 Å². The molecule has 11 heteroatoms. The maximum atomic E-state index is 15.6. The lowest BCUT2D eigenvalue weighted by atomic mass is 9.99. The number of nitrogens with zero attached hydrogens (tertiary/aromatic N) is 5. The topological polar surface area (TPSA) is 99.4 Å². The molecule has 0 amide bonds. The Kier molecular flexibility index (Phi) is 6.82. The van der Waals surface area contributed by atoms with Gasteiger partial charge in [-0.25, -0.2) is 27.5 Å². The summed E-state index contributed by atoms with van der Waals surface area (Å²) < 4.78 is 53.2. The number of morpholine rings is 1. The van der Waals surface area contributed by atoms with E-state index in [1.54, 1.807) is 30.5 Å². The summed E-state index contributed by atoms with van der Waals surface area (Å²) >= 11 is 0. The molecule has 3 aromatic heterocycles. The zero-order valence-electron chi connectivity index (χ0n) is 21.9. The molecule has 0 saturated carbocycles. The Morgan fingerprint density at radius 1 is 1.10 bits per heavy atom. The molecular formula is C28H30FN5O4S. The van der Waals surface area contributed by atoms with Crippen molar-refractivity contribution in [3.05, 3.63) is 54.6 Å². The first-order valence-corrected chi connectivity index (χ1v) is 15.0. The highest BCUT2D eigenvalue weighted by Crippen LogP contribution is 2.38. The van der Waals surface area contributed by atoms with Crippen LogP contribution in [0.3, 0.4) is 0 Å². The Morgan fingerprint density at radius 2 is 1.92 bits per heavy atom. The Morgan fingerprint density at radius 3 is 2.64 bits per heavy atom. The van der Waals surface area contributed by atoms with Crippen LogP contribution in [-0.2, 0) is 19.3 Å². The summed E-state index contributed by atoms with van der Waals surface area (Å²) in [5.74, 6) is 0.166. The lowest BCUT2D eigenvalue weighted by Crippen LogP contribution is -2.44. The molecule has 2 fully saturated rings. The zero-order chi connectivity index (χ0) is 27.1. The number of anilines is 1. The van der Waals surface area contributed by atoms with Crippen molar-refractivity contribution in [1.82, 2.24) is 19.7 Å². The number of ether oxygens (including phenoxy) is 2. The van der Waals surface area contributed by atoms with Crippen molar-refractivity contribution in [2.45, 2.75) is 43.4 Å². The third kappa shape index (κ3) is 4.90. The average Bonchev–Trinajstić information content (AvgIpc) is 3.43. The van der Waals surface area contributed by atoms with Crippen LogP contribution in [0.4, 0.5) is 10.2 Å². The van der Waals surface area contributed by atoms with E-state index in [1.807, 2.05) is 16.8 Å². The lowest BCUT2D eigenvalue weighted by Gasteiger charge is -2.34. The Balaban J connectivity index is 1.58. The Labute approximate surface area is 226 Å². The second kappa shape index (κ2) is 10.3. The molecule has 2 aliphatic rings. The summed E-state index contributed by atoms with van der Waals surface area (Å²) in [5.41, 5.74) is 2.90. The molecule has 0 aliphatic carbocycles. The second-order valence-electron chi connectivity index (χ2n) is 10.1. The summed E-state index contributed by atoms with van der Waals surface area (Å²) in [6, 6.07) is 10.3. The van der Waals surface area contributed by atoms with E-state index in [2.05, 4.69) is 21.9 Å². The number of halogens is 1. The van der Waals surface area contributed by atoms with Gasteiger partial charge in [0.2, 0.25) is 0 Å². The van der Waals surface area contributed by atoms with Crippen LogP contribution in [0.2, 0.25) is 0 Å². The van der Waals surface area contributed by atoms with Crippen molar-refractivity contribution in [3.63, 3.8) is 0 Å². The van der Waals surface area contributed by atoms with Gasteiger partial charge in [-0.15, -0.1) is 0 Å². The highest BCUT2D eigenvalue weighted by molar-refractivity contribution is 7.90. The molecule has 4 aromatic rings. The molecule has 2 saturated heterocycles. The van der Waals surface area contributed by atoms with E-state index < -0.39 is 15.7 Å². The molecule has 39 heavy (non-hydrogen) atoms. The molecule has 6 rings (SSSR count). The van der Waals surface area contributed by atoms with Crippen LogP contribution in [0.15, 0.2) is 53.7 Å². The van der Waals surface area contributed by atoms with Crippen molar-refractivity contribution in [2.75, 3.05) is 37.5 Å². The number of hydrogen-bond acceptors (Lipinski definition) is 8. The third-order valence-electron chi connectivity index (χ3n) is 7.37. The number of benzene rings is 1. The first-order chi connectivity index (χ1) is 18.8. The minimum atomic E-state index is -3.38. The monoisotopic (exact) mass is 551 g/mol. The Bertz CT molecular complexity index is 1620. The number of sulfone groups is 1. The van der Waals surface area contributed by atoms with Gasteiger partial charge in [-0.2, -0.15) is 5.10 Å². The molecule has 9 nitrogen and oxygen atoms in total. The van der Waals surface area contributed by atoms with Gasteiger partial charge in [0.25, 0.3) is 0 Å². The second-order valence-corrected chi connectivity index (χ2v) is 12.1. The van der Waals surface area contributed by atoms with Gasteiger partial charge in [0.15, 0.2) is 21.9 Å². The largest absolute Gasteiger partial charge is 0.377 e. The van der Waals surface area contributed by atoms with Crippen LogP contribution >= 0.6 is 0 Å². The van der Waals surface area contributed by atoms with Gasteiger partial charge in [-0.05, 0) is 61.6 Å². The maximum absolute atomic E-state index is 15.6. The normalized spacial score (nSPS) is 20.4. The van der Waals surface area contributed by atoms with Gasteiger partial charge in [0.1, 0.15) is 17.0 Å². The fraction of sp³-hybridized carbons (Fsp3) is 0.393. The van der Waals surface area contributed by atoms with E-state index in [0.29, 0.717) is 65.6 Å². The molecule has 0 N–H and O–H groups in total. The summed E-state index contributed by atoms with van der Waals surface area (Å²) in [6.45, 7) is 4.47. The average molecular weight is 552 g/mol. The van der Waals surface area contributed by atoms with E-state index in [4.69, 9.17) is 14.5 Å². The molecule has 1 aromatic carbocycles. The van der Waals surface area contributed by atoms with Gasteiger partial charge in [0.05, 0.1) is 36.0 Å². The number of pyridine rings is 2. The van der Waals surface area contributed by atoms with E-state index in [-0.39, 0.29) is 17.2 Å². The number of fused-ring (bicyclic) bond motifs is 1. The minimum Gasteiger partial charge on any atom is -0.377 e. The van der Waals surface area contributed by atoms with Crippen LogP contribution in [-0.4, -0.2) is 66.8 Å². The van der Waals surface area contributed by atoms with Crippen molar-refractivity contribution in [3.8, 4) is 22.5 Å². The zero-order valence-corrected chi connectivity index (χ0v) is 22.7. The fourth-order valence-corrected chi connectivity index (χ4v) is 5.98. The molecule has 2 aliphatic heterocycles. The molecular weight excluding hydrogens is 521 g/mol. The summed E-state index contributed by atoms with van der Waals surface area (Å²) in [7, 11) is -3.38. The highest BCUT2D eigenvalue weighted by Gasteiger charge is 2.27. The van der Waals surface area contributed by atoms with E-state index in [9.17, 15) is 8.42 Å². The molecule has 204 valence electrons. The van der Waals surface area contributed by atoms with Gasteiger partial charge in [-0.1, -0.05) is 12.1 Å². The summed E-state index contributed by atoms with van der Waals surface area (Å²) in [6.07, 6.45) is 6.72. The first kappa shape index (κ1) is 25.8. The molecule has 0 bridgehead atoms. The molecule has 0 spiro atoms. The third-order valence-corrected chi connectivity index (χ3v) is 8.50. The fourth-order valence-electron chi connectivity index (χ4n) is 5.35. The van der Waals surface area contributed by atoms with Crippen LogP contribution in [0.5, 0.6) is 0 Å². The number of hydrogen-bond donors (Lipinski definition) is 0. The van der Waals surface area contributed by atoms with E-state index >= 15 is 4.39 Å². The van der Waals surface area contributed by atoms with Gasteiger partial charge in [0, 0.05) is 31.0 Å². The molecule has 1 unspecified atom stereocenters. The Hall–Kier alpha value is -3.41. The summed E-state index contributed by atoms with van der Waals surface area (Å²) in [4.78, 5) is 11.8. The van der Waals surface area contributed by atoms with Gasteiger partial charge in [-0.3, -0.25) is 0 Å². The SMILES string of the molecule is C[C@@H]1COCCN1c1cc(-c2ccc(S(C)(=O)=O)cc2)c2c(F)cnc(-c3ccnn3C3CCCCO3)c2n1. The standard InChI is InChI=1S/C28H30FN5O4S/c1-18-17-37-14-12-33(18)24-15-21(19-6-8-20(9-7-19)39(2,35)36)26-22(29)16-30-27(28(26)32-24)23-10-11-31-34(23)25-5-3-4-13-38-25/h6-11,15-16,18,25H,3-5,12-14,17H2,1-2H3/t18-,25?/m1/s1. The molecule has 2 atom stereocenters. The quantitative estimate of drug-likeness (QED) is 0.354. The number of rotatable bonds is 5. The number of aromatic nitrogens is 4. The van der Waals surface area contributed by atoms with Gasteiger partial charge < -0.3 is 14.4 Å². The lowest BCUT2D eigenvalue weighted by molar-refractivity contribution is -0.0383.